The summed E-state index contributed by atoms with van der Waals surface area (Å²) in [6.07, 6.45) is 5.10. The van der Waals surface area contributed by atoms with E-state index in [0.29, 0.717) is 18.4 Å². The lowest BCUT2D eigenvalue weighted by Gasteiger charge is -2.08. The number of halogens is 1. The number of rotatable bonds is 8. The van der Waals surface area contributed by atoms with E-state index in [9.17, 15) is 9.59 Å². The molecule has 0 radical (unpaired) electrons. The van der Waals surface area contributed by atoms with E-state index in [-0.39, 0.29) is 18.2 Å². The van der Waals surface area contributed by atoms with Gasteiger partial charge < -0.3 is 4.74 Å². The molecule has 0 spiro atoms. The summed E-state index contributed by atoms with van der Waals surface area (Å²) < 4.78 is 5.93. The highest BCUT2D eigenvalue weighted by Crippen LogP contribution is 2.19. The average Bonchev–Trinajstić information content (AvgIpc) is 2.86. The summed E-state index contributed by atoms with van der Waals surface area (Å²) in [5.74, 6) is -0.213. The van der Waals surface area contributed by atoms with E-state index in [1.165, 1.54) is 7.11 Å². The number of ketones is 1. The van der Waals surface area contributed by atoms with Crippen LogP contribution in [0.2, 0.25) is 0 Å². The first kappa shape index (κ1) is 23.8. The molecule has 0 amide bonds. The van der Waals surface area contributed by atoms with Crippen LogP contribution in [0.5, 0.6) is 0 Å². The van der Waals surface area contributed by atoms with Gasteiger partial charge in [0.05, 0.1) is 24.7 Å². The molecule has 0 atom stereocenters. The smallest absolute Gasteiger partial charge is 0.309 e. The van der Waals surface area contributed by atoms with Crippen molar-refractivity contribution in [3.63, 3.8) is 0 Å². The summed E-state index contributed by atoms with van der Waals surface area (Å²) in [6, 6.07) is 25.6. The first-order valence-electron chi connectivity index (χ1n) is 11.0. The zero-order valence-electron chi connectivity index (χ0n) is 18.8. The molecule has 170 valence electrons. The number of aryl methyl sites for hydroxylation is 1. The number of hydrogen-bond acceptors (Lipinski definition) is 4. The Hall–Kier alpha value is -3.32. The van der Waals surface area contributed by atoms with Crippen LogP contribution in [0.3, 0.4) is 0 Å². The minimum atomic E-state index is -0.283. The fraction of sp³-hybridized carbons (Fsp3) is 0.138. The Kier molecular flexibility index (Phi) is 7.85. The number of methoxy groups -OCH3 is 1. The van der Waals surface area contributed by atoms with Gasteiger partial charge in [-0.3, -0.25) is 9.59 Å². The molecule has 0 saturated heterocycles. The van der Waals surface area contributed by atoms with Gasteiger partial charge in [0.25, 0.3) is 0 Å². The van der Waals surface area contributed by atoms with E-state index in [1.54, 1.807) is 0 Å². The third-order valence-corrected chi connectivity index (χ3v) is 6.30. The van der Waals surface area contributed by atoms with Crippen LogP contribution in [0.4, 0.5) is 0 Å². The Labute approximate surface area is 212 Å². The maximum atomic E-state index is 12.9. The van der Waals surface area contributed by atoms with Crippen molar-refractivity contribution in [1.29, 1.82) is 0 Å². The fourth-order valence-corrected chi connectivity index (χ4v) is 4.27. The van der Waals surface area contributed by atoms with Gasteiger partial charge >= 0.3 is 5.97 Å². The molecular formula is C29H24INO3. The van der Waals surface area contributed by atoms with Gasteiger partial charge in [-0.2, -0.15) is 0 Å². The number of aromatic nitrogens is 1. The highest BCUT2D eigenvalue weighted by molar-refractivity contribution is 14.1. The minimum absolute atomic E-state index is 0.0709. The maximum absolute atomic E-state index is 12.9. The average molecular weight is 561 g/mol. The molecular weight excluding hydrogens is 537 g/mol. The van der Waals surface area contributed by atoms with Crippen molar-refractivity contribution in [2.45, 2.75) is 19.3 Å². The van der Waals surface area contributed by atoms with E-state index in [4.69, 9.17) is 9.72 Å². The molecule has 3 aromatic carbocycles. The zero-order valence-corrected chi connectivity index (χ0v) is 21.0. The molecule has 4 nitrogen and oxygen atoms in total. The monoisotopic (exact) mass is 561 g/mol. The predicted octanol–water partition coefficient (Wildman–Crippen LogP) is 6.54. The van der Waals surface area contributed by atoms with Crippen molar-refractivity contribution in [3.8, 4) is 0 Å². The summed E-state index contributed by atoms with van der Waals surface area (Å²) in [7, 11) is 1.38. The normalized spacial score (nSPS) is 11.1. The van der Waals surface area contributed by atoms with Crippen LogP contribution in [-0.4, -0.2) is 23.8 Å². The highest BCUT2D eigenvalue weighted by Gasteiger charge is 2.11. The second-order valence-electron chi connectivity index (χ2n) is 7.98. The van der Waals surface area contributed by atoms with Crippen molar-refractivity contribution >= 4 is 57.4 Å². The molecule has 0 aliphatic carbocycles. The number of hydrogen-bond donors (Lipinski definition) is 0. The van der Waals surface area contributed by atoms with Gasteiger partial charge in [-0.25, -0.2) is 4.98 Å². The van der Waals surface area contributed by atoms with E-state index in [2.05, 4.69) is 46.9 Å². The molecule has 0 fully saturated rings. The van der Waals surface area contributed by atoms with E-state index in [1.807, 2.05) is 66.7 Å². The van der Waals surface area contributed by atoms with Crippen LogP contribution in [0.1, 0.15) is 39.2 Å². The summed E-state index contributed by atoms with van der Waals surface area (Å²) >= 11 is 2.29. The molecule has 0 aliphatic rings. The number of carbonyl (C=O) groups excluding carboxylic acids is 2. The quantitative estimate of drug-likeness (QED) is 0.139. The second-order valence-corrected chi connectivity index (χ2v) is 9.22. The number of fused-ring (bicyclic) bond motifs is 1. The fourth-order valence-electron chi connectivity index (χ4n) is 3.79. The van der Waals surface area contributed by atoms with Crippen molar-refractivity contribution < 1.29 is 14.3 Å². The lowest BCUT2D eigenvalue weighted by Crippen LogP contribution is -2.08. The van der Waals surface area contributed by atoms with Crippen LogP contribution in [0.15, 0.2) is 78.9 Å². The standard InChI is InChI=1S/C29H24INO3/c1-34-29(33)18-23-7-3-2-6-21(23)12-16-28(32)24-8-4-5-20(17-24)9-14-26-15-11-22-10-13-25(30)19-27(22)31-26/h2-11,13-15,17,19H,12,16,18H2,1H3/b14-9+. The van der Waals surface area contributed by atoms with Gasteiger partial charge in [0.1, 0.15) is 0 Å². The molecule has 1 heterocycles. The molecule has 0 N–H and O–H groups in total. The maximum Gasteiger partial charge on any atom is 0.309 e. The Morgan fingerprint density at radius 3 is 2.53 bits per heavy atom. The van der Waals surface area contributed by atoms with Crippen molar-refractivity contribution in [1.82, 2.24) is 4.98 Å². The molecule has 0 saturated carbocycles. The Balaban J connectivity index is 1.44. The number of benzene rings is 3. The second kappa shape index (κ2) is 11.2. The summed E-state index contributed by atoms with van der Waals surface area (Å²) in [5.41, 5.74) is 5.35. The molecule has 34 heavy (non-hydrogen) atoms. The molecule has 0 unspecified atom stereocenters. The Morgan fingerprint density at radius 2 is 1.71 bits per heavy atom. The topological polar surface area (TPSA) is 56.3 Å². The number of nitrogens with zero attached hydrogens (tertiary/aromatic N) is 1. The van der Waals surface area contributed by atoms with Crippen LogP contribution in [-0.2, 0) is 22.4 Å². The van der Waals surface area contributed by atoms with Crippen LogP contribution < -0.4 is 0 Å². The third kappa shape index (κ3) is 6.17. The number of ether oxygens (including phenoxy) is 1. The summed E-state index contributed by atoms with van der Waals surface area (Å²) in [6.45, 7) is 0. The van der Waals surface area contributed by atoms with Crippen LogP contribution >= 0.6 is 22.6 Å². The van der Waals surface area contributed by atoms with Crippen molar-refractivity contribution in [3.05, 3.63) is 110 Å². The summed E-state index contributed by atoms with van der Waals surface area (Å²) in [5, 5.41) is 1.11. The van der Waals surface area contributed by atoms with Gasteiger partial charge in [0.15, 0.2) is 5.78 Å². The number of pyridine rings is 1. The van der Waals surface area contributed by atoms with Gasteiger partial charge in [0, 0.05) is 20.9 Å². The van der Waals surface area contributed by atoms with Gasteiger partial charge in [-0.1, -0.05) is 60.7 Å². The van der Waals surface area contributed by atoms with Gasteiger partial charge in [-0.15, -0.1) is 0 Å². The third-order valence-electron chi connectivity index (χ3n) is 5.63. The lowest BCUT2D eigenvalue weighted by atomic mass is 9.97. The van der Waals surface area contributed by atoms with Crippen molar-refractivity contribution in [2.75, 3.05) is 7.11 Å². The predicted molar refractivity (Wildman–Crippen MR) is 145 cm³/mol. The van der Waals surface area contributed by atoms with Gasteiger partial charge in [-0.05, 0) is 76.0 Å². The molecule has 1 aromatic heterocycles. The lowest BCUT2D eigenvalue weighted by molar-refractivity contribution is -0.139. The number of esters is 1. The number of Topliss-reactive ketones (excluding diaryl/α,β-unsaturated/α-hetero) is 1. The zero-order chi connectivity index (χ0) is 23.9. The summed E-state index contributed by atoms with van der Waals surface area (Å²) in [4.78, 5) is 29.3. The van der Waals surface area contributed by atoms with Gasteiger partial charge in [0.2, 0.25) is 0 Å². The number of carbonyl (C=O) groups is 2. The van der Waals surface area contributed by atoms with Crippen LogP contribution in [0, 0.1) is 3.57 Å². The first-order chi connectivity index (χ1) is 16.5. The first-order valence-corrected chi connectivity index (χ1v) is 12.1. The highest BCUT2D eigenvalue weighted by atomic mass is 127. The molecule has 4 rings (SSSR count). The van der Waals surface area contributed by atoms with E-state index in [0.717, 1.165) is 36.9 Å². The minimum Gasteiger partial charge on any atom is -0.469 e. The molecule has 5 heteroatoms. The Morgan fingerprint density at radius 1 is 0.912 bits per heavy atom. The van der Waals surface area contributed by atoms with Crippen molar-refractivity contribution in [2.24, 2.45) is 0 Å². The van der Waals surface area contributed by atoms with Crippen LogP contribution in [0.25, 0.3) is 23.1 Å². The van der Waals surface area contributed by atoms with E-state index < -0.39 is 0 Å². The molecule has 0 aliphatic heterocycles. The Bertz CT molecular complexity index is 1380. The molecule has 0 bridgehead atoms. The van der Waals surface area contributed by atoms with E-state index >= 15 is 0 Å². The SMILES string of the molecule is COC(=O)Cc1ccccc1CCC(=O)c1cccc(/C=C/c2ccc3ccc(I)cc3n2)c1. The largest absolute Gasteiger partial charge is 0.469 e. The molecule has 4 aromatic rings.